The topological polar surface area (TPSA) is 77.9 Å². The zero-order valence-electron chi connectivity index (χ0n) is 21.1. The Bertz CT molecular complexity index is 1490. The number of aromatic nitrogens is 1. The molecule has 1 fully saturated rings. The van der Waals surface area contributed by atoms with E-state index < -0.39 is 0 Å². The molecule has 8 heteroatoms. The van der Waals surface area contributed by atoms with E-state index in [4.69, 9.17) is 18.4 Å². The van der Waals surface area contributed by atoms with E-state index in [0.29, 0.717) is 35.2 Å². The van der Waals surface area contributed by atoms with Crippen LogP contribution >= 0.6 is 0 Å². The lowest BCUT2D eigenvalue weighted by atomic mass is 9.91. The molecule has 0 amide bonds. The molecule has 2 aromatic heterocycles. The third-order valence-electron chi connectivity index (χ3n) is 7.83. The van der Waals surface area contributed by atoms with Gasteiger partial charge in [-0.3, -0.25) is 0 Å². The van der Waals surface area contributed by atoms with Gasteiger partial charge in [-0.25, -0.2) is 9.18 Å². The molecule has 3 heterocycles. The predicted molar refractivity (Wildman–Crippen MR) is 138 cm³/mol. The molecule has 1 saturated heterocycles. The number of aryl methyl sites for hydroxylation is 1. The van der Waals surface area contributed by atoms with Gasteiger partial charge in [0.2, 0.25) is 5.75 Å². The van der Waals surface area contributed by atoms with Crippen LogP contribution in [0, 0.1) is 5.82 Å². The van der Waals surface area contributed by atoms with Crippen molar-refractivity contribution in [1.82, 2.24) is 10.1 Å². The van der Waals surface area contributed by atoms with Gasteiger partial charge in [-0.2, -0.15) is 0 Å². The molecule has 2 aliphatic rings. The average molecular weight is 507 g/mol. The van der Waals surface area contributed by atoms with Crippen molar-refractivity contribution in [3.63, 3.8) is 0 Å². The summed E-state index contributed by atoms with van der Waals surface area (Å²) < 4.78 is 36.1. The first kappa shape index (κ1) is 24.0. The highest BCUT2D eigenvalue weighted by Crippen LogP contribution is 2.39. The molecule has 1 aliphatic carbocycles. The molecular formula is C29H31FN2O5. The van der Waals surface area contributed by atoms with E-state index >= 15 is 0 Å². The van der Waals surface area contributed by atoms with Crippen molar-refractivity contribution in [3.8, 4) is 11.5 Å². The lowest BCUT2D eigenvalue weighted by molar-refractivity contribution is 0.199. The number of nitrogens with zero attached hydrogens (tertiary/aromatic N) is 2. The first-order valence-electron chi connectivity index (χ1n) is 13.2. The number of piperidine rings is 1. The molecule has 7 nitrogen and oxygen atoms in total. The van der Waals surface area contributed by atoms with Crippen molar-refractivity contribution >= 4 is 21.9 Å². The number of hydrogen-bond donors (Lipinski definition) is 0. The minimum atomic E-state index is -0.303. The molecular weight excluding hydrogens is 475 g/mol. The molecule has 0 radical (unpaired) electrons. The number of benzene rings is 2. The van der Waals surface area contributed by atoms with Crippen LogP contribution < -0.4 is 15.1 Å². The van der Waals surface area contributed by atoms with E-state index in [-0.39, 0.29) is 11.4 Å². The Kier molecular flexibility index (Phi) is 6.59. The summed E-state index contributed by atoms with van der Waals surface area (Å²) in [5.74, 6) is 1.14. The second-order valence-electron chi connectivity index (χ2n) is 10.1. The summed E-state index contributed by atoms with van der Waals surface area (Å²) in [5.41, 5.74) is 3.59. The average Bonchev–Trinajstić information content (AvgIpc) is 3.57. The van der Waals surface area contributed by atoms with E-state index in [2.05, 4.69) is 10.1 Å². The summed E-state index contributed by atoms with van der Waals surface area (Å²) in [4.78, 5) is 14.9. The number of rotatable bonds is 8. The Morgan fingerprint density at radius 2 is 1.89 bits per heavy atom. The van der Waals surface area contributed by atoms with Gasteiger partial charge < -0.3 is 23.3 Å². The number of halogens is 1. The third-order valence-corrected chi connectivity index (χ3v) is 7.83. The second kappa shape index (κ2) is 10.2. The smallest absolute Gasteiger partial charge is 0.339 e. The van der Waals surface area contributed by atoms with Gasteiger partial charge in [0.25, 0.3) is 0 Å². The molecule has 0 unspecified atom stereocenters. The molecule has 4 aromatic rings. The Labute approximate surface area is 214 Å². The maximum absolute atomic E-state index is 13.4. The Balaban J connectivity index is 1.00. The largest absolute Gasteiger partial charge is 0.490 e. The van der Waals surface area contributed by atoms with Crippen LogP contribution in [0.1, 0.15) is 54.8 Å². The molecule has 37 heavy (non-hydrogen) atoms. The summed E-state index contributed by atoms with van der Waals surface area (Å²) >= 11 is 0. The number of methoxy groups -OCH3 is 1. The number of unbranched alkanes of at least 4 members (excludes halogenated alkanes) is 1. The van der Waals surface area contributed by atoms with Gasteiger partial charge in [0.15, 0.2) is 16.9 Å². The number of fused-ring (bicyclic) bond motifs is 4. The van der Waals surface area contributed by atoms with Gasteiger partial charge in [0.05, 0.1) is 19.4 Å². The molecule has 6 rings (SSSR count). The van der Waals surface area contributed by atoms with Crippen molar-refractivity contribution in [3.05, 3.63) is 63.4 Å². The molecule has 0 bridgehead atoms. The maximum Gasteiger partial charge on any atom is 0.339 e. The van der Waals surface area contributed by atoms with E-state index in [1.165, 1.54) is 12.1 Å². The summed E-state index contributed by atoms with van der Waals surface area (Å²) in [5, 5.41) is 6.11. The fourth-order valence-corrected chi connectivity index (χ4v) is 5.89. The first-order chi connectivity index (χ1) is 18.1. The van der Waals surface area contributed by atoms with Gasteiger partial charge in [0, 0.05) is 28.3 Å². The van der Waals surface area contributed by atoms with Gasteiger partial charge >= 0.3 is 5.63 Å². The SMILES string of the molecule is COc1c(OCCCCN2CCC(c3noc4cc(F)ccc34)CC2)ccc2c3c(c(=O)oc12)CCC3. The lowest BCUT2D eigenvalue weighted by Gasteiger charge is -2.31. The Morgan fingerprint density at radius 3 is 2.73 bits per heavy atom. The van der Waals surface area contributed by atoms with Gasteiger partial charge in [-0.1, -0.05) is 5.16 Å². The zero-order chi connectivity index (χ0) is 25.4. The standard InChI is InChI=1S/C29H31FN2O5/c1-34-28-24(10-9-21-20-5-4-6-22(20)29(33)36-27(21)28)35-16-3-2-13-32-14-11-18(12-15-32)26-23-8-7-19(30)17-25(23)37-31-26/h7-10,17-18H,2-6,11-16H2,1H3. The summed E-state index contributed by atoms with van der Waals surface area (Å²) in [7, 11) is 1.58. The lowest BCUT2D eigenvalue weighted by Crippen LogP contribution is -2.34. The molecule has 0 atom stereocenters. The van der Waals surface area contributed by atoms with Crippen molar-refractivity contribution in [1.29, 1.82) is 0 Å². The highest BCUT2D eigenvalue weighted by Gasteiger charge is 2.25. The molecule has 0 spiro atoms. The van der Waals surface area contributed by atoms with Crippen LogP contribution in [0.5, 0.6) is 11.5 Å². The van der Waals surface area contributed by atoms with Gasteiger partial charge in [-0.05, 0) is 94.4 Å². The quantitative estimate of drug-likeness (QED) is 0.227. The highest BCUT2D eigenvalue weighted by atomic mass is 19.1. The zero-order valence-corrected chi connectivity index (χ0v) is 21.1. The first-order valence-corrected chi connectivity index (χ1v) is 13.2. The summed E-state index contributed by atoms with van der Waals surface area (Å²) in [6.07, 6.45) is 6.62. The van der Waals surface area contributed by atoms with Crippen LogP contribution in [0.4, 0.5) is 4.39 Å². The number of likely N-dealkylation sites (tertiary alicyclic amines) is 1. The minimum absolute atomic E-state index is 0.259. The third kappa shape index (κ3) is 4.59. The Hall–Kier alpha value is -3.39. The monoisotopic (exact) mass is 506 g/mol. The fourth-order valence-electron chi connectivity index (χ4n) is 5.89. The van der Waals surface area contributed by atoms with Crippen LogP contribution in [0.3, 0.4) is 0 Å². The van der Waals surface area contributed by atoms with E-state index in [9.17, 15) is 9.18 Å². The van der Waals surface area contributed by atoms with Crippen LogP contribution in [0.2, 0.25) is 0 Å². The van der Waals surface area contributed by atoms with Crippen LogP contribution in [0.15, 0.2) is 44.1 Å². The summed E-state index contributed by atoms with van der Waals surface area (Å²) in [6.45, 7) is 3.58. The highest BCUT2D eigenvalue weighted by molar-refractivity contribution is 5.89. The number of hydrogen-bond acceptors (Lipinski definition) is 7. The van der Waals surface area contributed by atoms with Crippen molar-refractivity contribution in [2.24, 2.45) is 0 Å². The van der Waals surface area contributed by atoms with Crippen molar-refractivity contribution < 1.29 is 22.8 Å². The van der Waals surface area contributed by atoms with Gasteiger partial charge in [-0.15, -0.1) is 0 Å². The fraction of sp³-hybridized carbons (Fsp3) is 0.448. The number of ether oxygens (including phenoxy) is 2. The van der Waals surface area contributed by atoms with E-state index in [0.717, 1.165) is 92.2 Å². The molecule has 2 aromatic carbocycles. The van der Waals surface area contributed by atoms with Gasteiger partial charge in [0.1, 0.15) is 5.82 Å². The predicted octanol–water partition coefficient (Wildman–Crippen LogP) is 5.61. The van der Waals surface area contributed by atoms with Crippen molar-refractivity contribution in [2.45, 2.75) is 50.9 Å². The minimum Gasteiger partial charge on any atom is -0.490 e. The van der Waals surface area contributed by atoms with Crippen LogP contribution in [-0.4, -0.2) is 43.4 Å². The van der Waals surface area contributed by atoms with Crippen LogP contribution in [-0.2, 0) is 12.8 Å². The van der Waals surface area contributed by atoms with Crippen molar-refractivity contribution in [2.75, 3.05) is 33.4 Å². The van der Waals surface area contributed by atoms with E-state index in [1.807, 2.05) is 12.1 Å². The Morgan fingerprint density at radius 1 is 1.08 bits per heavy atom. The summed E-state index contributed by atoms with van der Waals surface area (Å²) in [6, 6.07) is 8.55. The van der Waals surface area contributed by atoms with E-state index in [1.54, 1.807) is 13.2 Å². The van der Waals surface area contributed by atoms with Crippen LogP contribution in [0.25, 0.3) is 21.9 Å². The maximum atomic E-state index is 13.4. The molecule has 194 valence electrons. The molecule has 0 saturated carbocycles. The second-order valence-corrected chi connectivity index (χ2v) is 10.1. The molecule has 1 aliphatic heterocycles. The molecule has 0 N–H and O–H groups in total. The normalized spacial score (nSPS) is 16.5.